The van der Waals surface area contributed by atoms with Crippen LogP contribution < -0.4 is 5.73 Å². The van der Waals surface area contributed by atoms with Gasteiger partial charge < -0.3 is 5.73 Å². The molecular formula is C10H20N6. The van der Waals surface area contributed by atoms with Crippen LogP contribution in [0.4, 0.5) is 0 Å². The Labute approximate surface area is 95.8 Å². The van der Waals surface area contributed by atoms with E-state index >= 15 is 0 Å². The van der Waals surface area contributed by atoms with E-state index in [4.69, 9.17) is 5.73 Å². The van der Waals surface area contributed by atoms with E-state index in [2.05, 4.69) is 27.2 Å². The van der Waals surface area contributed by atoms with Crippen molar-refractivity contribution in [1.82, 2.24) is 25.1 Å². The van der Waals surface area contributed by atoms with Crippen LogP contribution in [0.2, 0.25) is 0 Å². The average Bonchev–Trinajstić information content (AvgIpc) is 2.64. The highest BCUT2D eigenvalue weighted by Gasteiger charge is 2.23. The van der Waals surface area contributed by atoms with Gasteiger partial charge >= 0.3 is 0 Å². The summed E-state index contributed by atoms with van der Waals surface area (Å²) in [5, 5.41) is 12.0. The molecule has 2 unspecified atom stereocenters. The van der Waals surface area contributed by atoms with E-state index in [1.54, 1.807) is 7.05 Å². The van der Waals surface area contributed by atoms with Gasteiger partial charge in [-0.15, -0.1) is 10.2 Å². The lowest BCUT2D eigenvalue weighted by atomic mass is 9.92. The number of hydrogen-bond acceptors (Lipinski definition) is 5. The molecule has 1 saturated heterocycles. The van der Waals surface area contributed by atoms with Crippen LogP contribution in [0.25, 0.3) is 0 Å². The number of nitrogens with zero attached hydrogens (tertiary/aromatic N) is 5. The third kappa shape index (κ3) is 2.76. The lowest BCUT2D eigenvalue weighted by molar-refractivity contribution is 0.151. The molecule has 1 aliphatic rings. The number of hydrogen-bond donors (Lipinski definition) is 1. The third-order valence-corrected chi connectivity index (χ3v) is 3.20. The molecule has 1 fully saturated rings. The van der Waals surface area contributed by atoms with Gasteiger partial charge in [0.1, 0.15) is 0 Å². The highest BCUT2D eigenvalue weighted by molar-refractivity contribution is 4.83. The minimum atomic E-state index is 0.276. The zero-order chi connectivity index (χ0) is 11.5. The van der Waals surface area contributed by atoms with Crippen LogP contribution in [0.1, 0.15) is 25.6 Å². The molecule has 90 valence electrons. The first-order valence-corrected chi connectivity index (χ1v) is 5.86. The van der Waals surface area contributed by atoms with Gasteiger partial charge in [-0.2, -0.15) is 4.80 Å². The summed E-state index contributed by atoms with van der Waals surface area (Å²) in [7, 11) is 1.79. The Balaban J connectivity index is 1.90. The molecular weight excluding hydrogens is 204 g/mol. The van der Waals surface area contributed by atoms with Crippen molar-refractivity contribution in [2.24, 2.45) is 18.7 Å². The van der Waals surface area contributed by atoms with Crippen molar-refractivity contribution < 1.29 is 0 Å². The van der Waals surface area contributed by atoms with Crippen LogP contribution in [-0.4, -0.2) is 44.2 Å². The summed E-state index contributed by atoms with van der Waals surface area (Å²) in [5.74, 6) is 1.40. The van der Waals surface area contributed by atoms with E-state index in [1.165, 1.54) is 17.6 Å². The van der Waals surface area contributed by atoms with Crippen molar-refractivity contribution >= 4 is 0 Å². The molecule has 0 saturated carbocycles. The summed E-state index contributed by atoms with van der Waals surface area (Å²) in [4.78, 5) is 3.87. The van der Waals surface area contributed by atoms with Crippen molar-refractivity contribution in [3.63, 3.8) is 0 Å². The molecule has 0 aromatic carbocycles. The molecule has 2 N–H and O–H groups in total. The Bertz CT molecular complexity index is 334. The Morgan fingerprint density at radius 1 is 1.56 bits per heavy atom. The van der Waals surface area contributed by atoms with Crippen molar-refractivity contribution in [3.8, 4) is 0 Å². The molecule has 2 atom stereocenters. The van der Waals surface area contributed by atoms with Gasteiger partial charge in [-0.1, -0.05) is 0 Å². The van der Waals surface area contributed by atoms with Gasteiger partial charge in [0.25, 0.3) is 0 Å². The molecule has 0 aliphatic carbocycles. The topological polar surface area (TPSA) is 72.9 Å². The second-order valence-electron chi connectivity index (χ2n) is 4.69. The highest BCUT2D eigenvalue weighted by atomic mass is 15.6. The first-order chi connectivity index (χ1) is 7.65. The van der Waals surface area contributed by atoms with Crippen LogP contribution in [0.3, 0.4) is 0 Å². The molecule has 0 amide bonds. The van der Waals surface area contributed by atoms with Crippen LogP contribution in [0.5, 0.6) is 0 Å². The molecule has 2 rings (SSSR count). The van der Waals surface area contributed by atoms with Crippen molar-refractivity contribution in [2.45, 2.75) is 32.4 Å². The normalized spacial score (nSPS) is 24.6. The van der Waals surface area contributed by atoms with E-state index in [-0.39, 0.29) is 6.04 Å². The molecule has 6 nitrogen and oxygen atoms in total. The van der Waals surface area contributed by atoms with Crippen LogP contribution in [0.15, 0.2) is 0 Å². The van der Waals surface area contributed by atoms with Gasteiger partial charge in [0.05, 0.1) is 13.6 Å². The van der Waals surface area contributed by atoms with E-state index in [0.717, 1.165) is 25.5 Å². The maximum absolute atomic E-state index is 5.95. The van der Waals surface area contributed by atoms with Gasteiger partial charge in [-0.3, -0.25) is 4.90 Å². The standard InChI is InChI=1S/C10H20N6/c1-8(11)9-4-3-5-16(6-9)7-10-12-14-15(2)13-10/h8-9H,3-7,11H2,1-2H3. The summed E-state index contributed by atoms with van der Waals surface area (Å²) in [6.45, 7) is 5.04. The minimum Gasteiger partial charge on any atom is -0.328 e. The number of rotatable bonds is 3. The highest BCUT2D eigenvalue weighted by Crippen LogP contribution is 2.19. The minimum absolute atomic E-state index is 0.276. The summed E-state index contributed by atoms with van der Waals surface area (Å²) in [5.41, 5.74) is 5.95. The van der Waals surface area contributed by atoms with Crippen LogP contribution in [-0.2, 0) is 13.6 Å². The fraction of sp³-hybridized carbons (Fsp3) is 0.900. The number of tetrazole rings is 1. The molecule has 2 heterocycles. The monoisotopic (exact) mass is 224 g/mol. The van der Waals surface area contributed by atoms with Crippen LogP contribution in [0, 0.1) is 5.92 Å². The molecule has 0 bridgehead atoms. The smallest absolute Gasteiger partial charge is 0.188 e. The zero-order valence-corrected chi connectivity index (χ0v) is 10.0. The summed E-state index contributed by atoms with van der Waals surface area (Å²) >= 11 is 0. The Kier molecular flexibility index (Phi) is 3.50. The number of nitrogens with two attached hydrogens (primary N) is 1. The van der Waals surface area contributed by atoms with Gasteiger partial charge in [-0.25, -0.2) is 0 Å². The average molecular weight is 224 g/mol. The zero-order valence-electron chi connectivity index (χ0n) is 10.0. The third-order valence-electron chi connectivity index (χ3n) is 3.20. The molecule has 1 aliphatic heterocycles. The lowest BCUT2D eigenvalue weighted by Crippen LogP contribution is -2.42. The van der Waals surface area contributed by atoms with Crippen molar-refractivity contribution in [2.75, 3.05) is 13.1 Å². The SMILES string of the molecule is CC(N)C1CCCN(Cc2nnn(C)n2)C1. The second kappa shape index (κ2) is 4.88. The molecule has 1 aromatic heterocycles. The van der Waals surface area contributed by atoms with Crippen molar-refractivity contribution in [1.29, 1.82) is 0 Å². The Morgan fingerprint density at radius 2 is 2.38 bits per heavy atom. The van der Waals surface area contributed by atoms with E-state index in [0.29, 0.717) is 5.92 Å². The largest absolute Gasteiger partial charge is 0.328 e. The van der Waals surface area contributed by atoms with Crippen LogP contribution >= 0.6 is 0 Å². The predicted molar refractivity (Wildman–Crippen MR) is 60.4 cm³/mol. The summed E-state index contributed by atoms with van der Waals surface area (Å²) in [6.07, 6.45) is 2.45. The predicted octanol–water partition coefficient (Wildman–Crippen LogP) is -0.231. The van der Waals surface area contributed by atoms with Gasteiger partial charge in [0.2, 0.25) is 0 Å². The summed E-state index contributed by atoms with van der Waals surface area (Å²) < 4.78 is 0. The number of piperidine rings is 1. The maximum atomic E-state index is 5.95. The second-order valence-corrected chi connectivity index (χ2v) is 4.69. The van der Waals surface area contributed by atoms with E-state index in [1.807, 2.05) is 0 Å². The number of aromatic nitrogens is 4. The first kappa shape index (κ1) is 11.5. The quantitative estimate of drug-likeness (QED) is 0.767. The fourth-order valence-corrected chi connectivity index (χ4v) is 2.25. The molecule has 6 heteroatoms. The number of likely N-dealkylation sites (tertiary alicyclic amines) is 1. The Hall–Kier alpha value is -1.01. The summed E-state index contributed by atoms with van der Waals surface area (Å²) in [6, 6.07) is 0.276. The first-order valence-electron chi connectivity index (χ1n) is 5.86. The van der Waals surface area contributed by atoms with E-state index in [9.17, 15) is 0 Å². The molecule has 1 aromatic rings. The molecule has 16 heavy (non-hydrogen) atoms. The molecule has 0 spiro atoms. The van der Waals surface area contributed by atoms with Gasteiger partial charge in [-0.05, 0) is 37.4 Å². The number of aryl methyl sites for hydroxylation is 1. The van der Waals surface area contributed by atoms with E-state index < -0.39 is 0 Å². The van der Waals surface area contributed by atoms with Crippen molar-refractivity contribution in [3.05, 3.63) is 5.82 Å². The van der Waals surface area contributed by atoms with Gasteiger partial charge in [0, 0.05) is 12.6 Å². The maximum Gasteiger partial charge on any atom is 0.188 e. The van der Waals surface area contributed by atoms with Gasteiger partial charge in [0.15, 0.2) is 5.82 Å². The molecule has 0 radical (unpaired) electrons. The lowest BCUT2D eigenvalue weighted by Gasteiger charge is -2.33. The fourth-order valence-electron chi connectivity index (χ4n) is 2.25. The Morgan fingerprint density at radius 3 is 3.00 bits per heavy atom.